The molecule has 0 bridgehead atoms. The maximum atomic E-state index is 12.6. The van der Waals surface area contributed by atoms with Crippen LogP contribution in [0.15, 0.2) is 91.0 Å². The molecule has 30 heavy (non-hydrogen) atoms. The molecule has 0 N–H and O–H groups in total. The Morgan fingerprint density at radius 3 is 2.07 bits per heavy atom. The van der Waals surface area contributed by atoms with Crippen LogP contribution in [0.2, 0.25) is 0 Å². The Morgan fingerprint density at radius 2 is 1.30 bits per heavy atom. The largest absolute Gasteiger partial charge is 0.489 e. The predicted molar refractivity (Wildman–Crippen MR) is 115 cm³/mol. The molecule has 0 saturated heterocycles. The van der Waals surface area contributed by atoms with Gasteiger partial charge in [-0.05, 0) is 46.2 Å². The number of rotatable bonds is 5. The van der Waals surface area contributed by atoms with E-state index in [1.54, 1.807) is 24.3 Å². The lowest BCUT2D eigenvalue weighted by atomic mass is 10.1. The molecule has 1 heterocycles. The Hall–Kier alpha value is -3.92. The highest BCUT2D eigenvalue weighted by molar-refractivity contribution is 6.21. The molecule has 0 atom stereocenters. The number of carbonyl (C=O) groups is 2. The van der Waals surface area contributed by atoms with Crippen LogP contribution in [0.25, 0.3) is 10.8 Å². The number of amides is 2. The van der Waals surface area contributed by atoms with Crippen LogP contribution in [0.5, 0.6) is 5.75 Å². The van der Waals surface area contributed by atoms with Crippen molar-refractivity contribution >= 4 is 22.6 Å². The fourth-order valence-electron chi connectivity index (χ4n) is 3.81. The summed E-state index contributed by atoms with van der Waals surface area (Å²) in [5, 5.41) is 2.31. The van der Waals surface area contributed by atoms with E-state index >= 15 is 0 Å². The minimum absolute atomic E-state index is 0.242. The van der Waals surface area contributed by atoms with Crippen molar-refractivity contribution in [3.8, 4) is 5.75 Å². The van der Waals surface area contributed by atoms with Crippen LogP contribution in [0.1, 0.15) is 31.8 Å². The average molecular weight is 393 g/mol. The molecular weight excluding hydrogens is 374 g/mol. The predicted octanol–water partition coefficient (Wildman–Crippen LogP) is 5.22. The minimum Gasteiger partial charge on any atom is -0.489 e. The molecule has 0 radical (unpaired) electrons. The second-order valence-electron chi connectivity index (χ2n) is 7.36. The molecule has 0 unspecified atom stereocenters. The Labute approximate surface area is 174 Å². The van der Waals surface area contributed by atoms with E-state index in [1.807, 2.05) is 54.6 Å². The second-order valence-corrected chi connectivity index (χ2v) is 7.36. The first-order valence-corrected chi connectivity index (χ1v) is 9.84. The highest BCUT2D eigenvalue weighted by atomic mass is 16.5. The molecule has 0 saturated carbocycles. The van der Waals surface area contributed by atoms with Crippen LogP contribution in [0.4, 0.5) is 0 Å². The van der Waals surface area contributed by atoms with Crippen LogP contribution in [0.3, 0.4) is 0 Å². The maximum Gasteiger partial charge on any atom is 0.261 e. The number of ether oxygens (including phenoxy) is 1. The molecule has 1 aliphatic heterocycles. The lowest BCUT2D eigenvalue weighted by Crippen LogP contribution is -2.29. The van der Waals surface area contributed by atoms with Crippen molar-refractivity contribution in [2.75, 3.05) is 0 Å². The number of hydrogen-bond donors (Lipinski definition) is 0. The van der Waals surface area contributed by atoms with Crippen molar-refractivity contribution in [3.63, 3.8) is 0 Å². The minimum atomic E-state index is -0.242. The number of imide groups is 1. The smallest absolute Gasteiger partial charge is 0.261 e. The van der Waals surface area contributed by atoms with Gasteiger partial charge in [-0.25, -0.2) is 0 Å². The zero-order valence-corrected chi connectivity index (χ0v) is 16.2. The van der Waals surface area contributed by atoms with Gasteiger partial charge in [0.2, 0.25) is 0 Å². The van der Waals surface area contributed by atoms with Crippen LogP contribution in [-0.2, 0) is 13.2 Å². The van der Waals surface area contributed by atoms with E-state index < -0.39 is 0 Å². The third-order valence-corrected chi connectivity index (χ3v) is 5.34. The number of fused-ring (bicyclic) bond motifs is 2. The molecule has 5 rings (SSSR count). The summed E-state index contributed by atoms with van der Waals surface area (Å²) in [7, 11) is 0. The van der Waals surface area contributed by atoms with Gasteiger partial charge in [-0.3, -0.25) is 14.5 Å². The standard InChI is InChI=1S/C26H19NO3/c28-25-23-10-3-4-11-24(23)26(29)27(25)16-18-6-5-7-19(14-18)17-30-22-13-12-20-8-1-2-9-21(20)15-22/h1-15H,16-17H2. The van der Waals surface area contributed by atoms with E-state index in [1.165, 1.54) is 10.3 Å². The first-order valence-electron chi connectivity index (χ1n) is 9.84. The van der Waals surface area contributed by atoms with Crippen molar-refractivity contribution in [2.24, 2.45) is 0 Å². The van der Waals surface area contributed by atoms with Crippen molar-refractivity contribution in [3.05, 3.63) is 113 Å². The van der Waals surface area contributed by atoms with Gasteiger partial charge in [0.05, 0.1) is 17.7 Å². The van der Waals surface area contributed by atoms with Gasteiger partial charge in [-0.2, -0.15) is 0 Å². The Kier molecular flexibility index (Phi) is 4.52. The van der Waals surface area contributed by atoms with E-state index in [2.05, 4.69) is 12.1 Å². The molecule has 0 fully saturated rings. The third kappa shape index (κ3) is 3.33. The molecule has 4 heteroatoms. The van der Waals surface area contributed by atoms with E-state index in [-0.39, 0.29) is 18.4 Å². The first-order chi connectivity index (χ1) is 14.7. The zero-order valence-electron chi connectivity index (χ0n) is 16.2. The number of nitrogens with zero attached hydrogens (tertiary/aromatic N) is 1. The molecule has 4 nitrogen and oxygen atoms in total. The molecule has 0 aromatic heterocycles. The van der Waals surface area contributed by atoms with Gasteiger partial charge in [0.1, 0.15) is 12.4 Å². The fraction of sp³-hybridized carbons (Fsp3) is 0.0769. The molecule has 2 amide bonds. The Morgan fingerprint density at radius 1 is 0.633 bits per heavy atom. The molecular formula is C26H19NO3. The number of hydrogen-bond acceptors (Lipinski definition) is 3. The maximum absolute atomic E-state index is 12.6. The van der Waals surface area contributed by atoms with E-state index in [0.717, 1.165) is 22.3 Å². The third-order valence-electron chi connectivity index (χ3n) is 5.34. The Bertz CT molecular complexity index is 1240. The summed E-state index contributed by atoms with van der Waals surface area (Å²) in [4.78, 5) is 26.5. The number of benzene rings is 4. The monoisotopic (exact) mass is 393 g/mol. The van der Waals surface area contributed by atoms with Crippen LogP contribution in [0, 0.1) is 0 Å². The normalized spacial score (nSPS) is 13.0. The van der Waals surface area contributed by atoms with Gasteiger partial charge < -0.3 is 4.74 Å². The van der Waals surface area contributed by atoms with Crippen LogP contribution in [-0.4, -0.2) is 16.7 Å². The summed E-state index contributed by atoms with van der Waals surface area (Å²) in [5.41, 5.74) is 2.82. The molecule has 0 spiro atoms. The van der Waals surface area contributed by atoms with Gasteiger partial charge in [0, 0.05) is 0 Å². The van der Waals surface area contributed by atoms with E-state index in [0.29, 0.717) is 17.7 Å². The topological polar surface area (TPSA) is 46.6 Å². The molecule has 146 valence electrons. The summed E-state index contributed by atoms with van der Waals surface area (Å²) >= 11 is 0. The van der Waals surface area contributed by atoms with Gasteiger partial charge in [-0.1, -0.05) is 66.7 Å². The van der Waals surface area contributed by atoms with E-state index in [4.69, 9.17) is 4.74 Å². The fourth-order valence-corrected chi connectivity index (χ4v) is 3.81. The summed E-state index contributed by atoms with van der Waals surface area (Å²) in [5.74, 6) is 0.321. The summed E-state index contributed by atoms with van der Waals surface area (Å²) < 4.78 is 5.97. The van der Waals surface area contributed by atoms with E-state index in [9.17, 15) is 9.59 Å². The van der Waals surface area contributed by atoms with Crippen molar-refractivity contribution < 1.29 is 14.3 Å². The van der Waals surface area contributed by atoms with Crippen molar-refractivity contribution in [1.82, 2.24) is 4.90 Å². The molecule has 4 aromatic carbocycles. The molecule has 0 aliphatic carbocycles. The Balaban J connectivity index is 1.30. The lowest BCUT2D eigenvalue weighted by Gasteiger charge is -2.15. The summed E-state index contributed by atoms with van der Waals surface area (Å²) in [6.45, 7) is 0.657. The summed E-state index contributed by atoms with van der Waals surface area (Å²) in [6, 6.07) is 28.9. The van der Waals surface area contributed by atoms with Gasteiger partial charge in [-0.15, -0.1) is 0 Å². The summed E-state index contributed by atoms with van der Waals surface area (Å²) in [6.07, 6.45) is 0. The first kappa shape index (κ1) is 18.1. The lowest BCUT2D eigenvalue weighted by molar-refractivity contribution is 0.0642. The van der Waals surface area contributed by atoms with Crippen LogP contribution < -0.4 is 4.74 Å². The van der Waals surface area contributed by atoms with Gasteiger partial charge >= 0.3 is 0 Å². The average Bonchev–Trinajstić information content (AvgIpc) is 3.03. The highest BCUT2D eigenvalue weighted by Gasteiger charge is 2.34. The van der Waals surface area contributed by atoms with Gasteiger partial charge in [0.25, 0.3) is 11.8 Å². The molecule has 4 aromatic rings. The SMILES string of the molecule is O=C1c2ccccc2C(=O)N1Cc1cccc(COc2ccc3ccccc3c2)c1. The van der Waals surface area contributed by atoms with Crippen LogP contribution >= 0.6 is 0 Å². The highest BCUT2D eigenvalue weighted by Crippen LogP contribution is 2.25. The van der Waals surface area contributed by atoms with Crippen molar-refractivity contribution in [1.29, 1.82) is 0 Å². The van der Waals surface area contributed by atoms with Crippen molar-refractivity contribution in [2.45, 2.75) is 13.2 Å². The van der Waals surface area contributed by atoms with Gasteiger partial charge in [0.15, 0.2) is 0 Å². The molecule has 1 aliphatic rings. The zero-order chi connectivity index (χ0) is 20.5. The number of carbonyl (C=O) groups excluding carboxylic acids is 2. The second kappa shape index (κ2) is 7.48. The quantitative estimate of drug-likeness (QED) is 0.437.